The number of halogens is 8. The van der Waals surface area contributed by atoms with Gasteiger partial charge in [-0.05, 0) is 83.1 Å². The fourth-order valence-electron chi connectivity index (χ4n) is 3.38. The number of rotatable bonds is 6. The highest BCUT2D eigenvalue weighted by Crippen LogP contribution is 2.70. The molecule has 0 saturated heterocycles. The van der Waals surface area contributed by atoms with E-state index in [9.17, 15) is 43.5 Å². The smallest absolute Gasteiger partial charge is 0.207 e. The maximum absolute atomic E-state index is 14.5. The van der Waals surface area contributed by atoms with E-state index >= 15 is 0 Å². The zero-order valence-corrected chi connectivity index (χ0v) is 19.6. The minimum Gasteiger partial charge on any atom is -0.207 e. The Morgan fingerprint density at radius 3 is 1.00 bits per heavy atom. The summed E-state index contributed by atoms with van der Waals surface area (Å²) in [5.74, 6) is -15.4. The van der Waals surface area contributed by atoms with E-state index in [4.69, 9.17) is 3.63 Å². The molecule has 0 N–H and O–H groups in total. The lowest BCUT2D eigenvalue weighted by Crippen LogP contribution is -2.19. The lowest BCUT2D eigenvalue weighted by atomic mass is 10.3. The Hall–Kier alpha value is -3.42. The Morgan fingerprint density at radius 1 is 0.432 bits per heavy atom. The zero-order chi connectivity index (χ0) is 27.1. The number of hydrogen-bond acceptors (Lipinski definition) is 3. The van der Waals surface area contributed by atoms with Crippen molar-refractivity contribution in [3.63, 3.8) is 0 Å². The Bertz CT molecular complexity index is 1430. The Labute approximate surface area is 206 Å². The highest BCUT2D eigenvalue weighted by atomic mass is 32.3. The van der Waals surface area contributed by atoms with Gasteiger partial charge in [0.1, 0.15) is 17.5 Å². The molecule has 0 aromatic heterocycles. The van der Waals surface area contributed by atoms with Crippen LogP contribution in [0, 0.1) is 46.5 Å². The van der Waals surface area contributed by atoms with Gasteiger partial charge in [0, 0.05) is 14.7 Å². The first kappa shape index (κ1) is 26.6. The van der Waals surface area contributed by atoms with Gasteiger partial charge in [-0.2, -0.15) is 8.42 Å². The molecule has 37 heavy (non-hydrogen) atoms. The monoisotopic (exact) mass is 564 g/mol. The van der Waals surface area contributed by atoms with E-state index in [0.717, 1.165) is 72.8 Å². The van der Waals surface area contributed by atoms with Gasteiger partial charge in [-0.3, -0.25) is 0 Å². The van der Waals surface area contributed by atoms with Crippen LogP contribution in [0.25, 0.3) is 0 Å². The average Bonchev–Trinajstić information content (AvgIpc) is 2.86. The zero-order valence-electron chi connectivity index (χ0n) is 18.0. The SMILES string of the molecule is O=S(=O)(OS(c1ccc(F)cc1)(c1ccc(F)cc1)c1ccc(F)cc1)c1c(F)c(F)c(F)c(F)c1F. The van der Waals surface area contributed by atoms with Crippen molar-refractivity contribution in [1.82, 2.24) is 0 Å². The first-order valence-electron chi connectivity index (χ1n) is 9.96. The fraction of sp³-hybridized carbons (Fsp3) is 0. The van der Waals surface area contributed by atoms with Crippen molar-refractivity contribution in [2.24, 2.45) is 0 Å². The Kier molecular flexibility index (Phi) is 7.06. The third kappa shape index (κ3) is 4.69. The van der Waals surface area contributed by atoms with Crippen LogP contribution >= 0.6 is 10.3 Å². The van der Waals surface area contributed by atoms with Gasteiger partial charge in [-0.1, -0.05) is 0 Å². The van der Waals surface area contributed by atoms with Crippen molar-refractivity contribution < 1.29 is 47.2 Å². The molecule has 0 radical (unpaired) electrons. The molecule has 0 amide bonds. The van der Waals surface area contributed by atoms with Crippen LogP contribution in [-0.2, 0) is 13.7 Å². The summed E-state index contributed by atoms with van der Waals surface area (Å²) in [6.45, 7) is 0. The van der Waals surface area contributed by atoms with Crippen molar-refractivity contribution in [2.45, 2.75) is 19.6 Å². The lowest BCUT2D eigenvalue weighted by Gasteiger charge is -2.39. The van der Waals surface area contributed by atoms with Crippen LogP contribution in [0.15, 0.2) is 92.4 Å². The Morgan fingerprint density at radius 2 is 0.703 bits per heavy atom. The number of hydrogen-bond donors (Lipinski definition) is 0. The third-order valence-corrected chi connectivity index (χ3v) is 10.2. The molecule has 4 aromatic carbocycles. The molecule has 0 aliphatic heterocycles. The number of benzene rings is 4. The van der Waals surface area contributed by atoms with Crippen molar-refractivity contribution in [2.75, 3.05) is 0 Å². The maximum Gasteiger partial charge on any atom is 0.313 e. The van der Waals surface area contributed by atoms with Crippen molar-refractivity contribution >= 4 is 20.4 Å². The molecule has 0 atom stereocenters. The molecule has 3 nitrogen and oxygen atoms in total. The van der Waals surface area contributed by atoms with Gasteiger partial charge in [0.25, 0.3) is 0 Å². The van der Waals surface area contributed by atoms with Gasteiger partial charge < -0.3 is 0 Å². The average molecular weight is 564 g/mol. The highest BCUT2D eigenvalue weighted by molar-refractivity contribution is 8.33. The van der Waals surface area contributed by atoms with Crippen LogP contribution in [0.3, 0.4) is 0 Å². The van der Waals surface area contributed by atoms with E-state index in [-0.39, 0.29) is 14.7 Å². The summed E-state index contributed by atoms with van der Waals surface area (Å²) in [5, 5.41) is 0. The summed E-state index contributed by atoms with van der Waals surface area (Å²) in [4.78, 5) is -2.73. The maximum atomic E-state index is 14.5. The molecule has 4 aromatic rings. The van der Waals surface area contributed by atoms with E-state index in [1.54, 1.807) is 0 Å². The molecule has 0 bridgehead atoms. The first-order valence-corrected chi connectivity index (χ1v) is 12.9. The van der Waals surface area contributed by atoms with E-state index < -0.39 is 71.9 Å². The van der Waals surface area contributed by atoms with Gasteiger partial charge >= 0.3 is 10.1 Å². The molecule has 194 valence electrons. The molecule has 13 heteroatoms. The molecular formula is C24H12F8O3S2. The predicted molar refractivity (Wildman–Crippen MR) is 116 cm³/mol. The summed E-state index contributed by atoms with van der Waals surface area (Å²) >= 11 is 0. The summed E-state index contributed by atoms with van der Waals surface area (Å²) in [6, 6.07) is 11.6. The van der Waals surface area contributed by atoms with Crippen LogP contribution in [-0.4, -0.2) is 8.42 Å². The summed E-state index contributed by atoms with van der Waals surface area (Å²) in [6.07, 6.45) is 0. The van der Waals surface area contributed by atoms with E-state index in [1.165, 1.54) is 0 Å². The highest BCUT2D eigenvalue weighted by Gasteiger charge is 2.42. The summed E-state index contributed by atoms with van der Waals surface area (Å²) in [5.41, 5.74) is 0. The molecule has 4 rings (SSSR count). The normalized spacial score (nSPS) is 12.5. The molecule has 0 spiro atoms. The van der Waals surface area contributed by atoms with Gasteiger partial charge in [0.2, 0.25) is 5.82 Å². The second kappa shape index (κ2) is 9.80. The quantitative estimate of drug-likeness (QED) is 0.139. The topological polar surface area (TPSA) is 43.4 Å². The van der Waals surface area contributed by atoms with E-state index in [1.807, 2.05) is 0 Å². The second-order valence-electron chi connectivity index (χ2n) is 7.34. The molecular weight excluding hydrogens is 552 g/mol. The van der Waals surface area contributed by atoms with E-state index in [2.05, 4.69) is 0 Å². The predicted octanol–water partition coefficient (Wildman–Crippen LogP) is 7.40. The van der Waals surface area contributed by atoms with Crippen LogP contribution in [0.4, 0.5) is 35.1 Å². The standard InChI is InChI=1S/C24H12F8O3S2/c25-13-1-7-16(8-2-13)36(17-9-3-14(26)4-10-17,18-11-5-15(27)6-12-18)35-37(33,34)24-22(31)20(29)19(28)21(30)23(24)32/h1-12H. The first-order chi connectivity index (χ1) is 17.4. The van der Waals surface area contributed by atoms with E-state index in [0.29, 0.717) is 0 Å². The van der Waals surface area contributed by atoms with Crippen LogP contribution in [0.1, 0.15) is 0 Å². The fourth-order valence-corrected chi connectivity index (χ4v) is 8.66. The molecule has 0 aliphatic rings. The van der Waals surface area contributed by atoms with Crippen molar-refractivity contribution in [3.8, 4) is 0 Å². The van der Waals surface area contributed by atoms with Crippen molar-refractivity contribution in [3.05, 3.63) is 119 Å². The third-order valence-electron chi connectivity index (χ3n) is 5.05. The van der Waals surface area contributed by atoms with Gasteiger partial charge in [-0.15, -0.1) is 0 Å². The van der Waals surface area contributed by atoms with Gasteiger partial charge in [-0.25, -0.2) is 38.8 Å². The molecule has 0 heterocycles. The van der Waals surface area contributed by atoms with Crippen LogP contribution in [0.5, 0.6) is 0 Å². The minimum atomic E-state index is -5.86. The van der Waals surface area contributed by atoms with Crippen LogP contribution < -0.4 is 0 Å². The summed E-state index contributed by atoms with van der Waals surface area (Å²) < 4.78 is 143. The van der Waals surface area contributed by atoms with Crippen molar-refractivity contribution in [1.29, 1.82) is 0 Å². The minimum absolute atomic E-state index is 0.153. The molecule has 0 unspecified atom stereocenters. The Balaban J connectivity index is 2.09. The molecule has 0 saturated carbocycles. The second-order valence-corrected chi connectivity index (χ2v) is 11.7. The van der Waals surface area contributed by atoms with Gasteiger partial charge in [0.05, 0.1) is 0 Å². The van der Waals surface area contributed by atoms with Crippen LogP contribution in [0.2, 0.25) is 0 Å². The summed E-state index contributed by atoms with van der Waals surface area (Å²) in [7, 11) is -9.67. The molecule has 0 fully saturated rings. The lowest BCUT2D eigenvalue weighted by molar-refractivity contribution is 0.354. The van der Waals surface area contributed by atoms with Gasteiger partial charge in [0.15, 0.2) is 28.2 Å². The molecule has 0 aliphatic carbocycles. The largest absolute Gasteiger partial charge is 0.313 e.